The third-order valence-electron chi connectivity index (χ3n) is 6.94. The molecule has 1 saturated carbocycles. The molecule has 4 rings (SSSR count). The van der Waals surface area contributed by atoms with Gasteiger partial charge in [-0.3, -0.25) is 13.9 Å². The minimum absolute atomic E-state index is 0.0791. The van der Waals surface area contributed by atoms with Gasteiger partial charge in [-0.15, -0.1) is 0 Å². The number of benzene rings is 3. The smallest absolute Gasteiger partial charge is 0.244 e. The number of hydrogen-bond donors (Lipinski definition) is 1. The second kappa shape index (κ2) is 13.3. The summed E-state index contributed by atoms with van der Waals surface area (Å²) in [6.07, 6.45) is 5.35. The molecule has 0 unspecified atom stereocenters. The Hall–Kier alpha value is -3.17. The van der Waals surface area contributed by atoms with Crippen molar-refractivity contribution in [3.05, 3.63) is 101 Å². The van der Waals surface area contributed by atoms with Gasteiger partial charge in [-0.2, -0.15) is 0 Å². The quantitative estimate of drug-likeness (QED) is 0.334. The summed E-state index contributed by atoms with van der Waals surface area (Å²) in [5.74, 6) is -0.675. The number of hydrogen-bond acceptors (Lipinski definition) is 4. The van der Waals surface area contributed by atoms with Crippen LogP contribution in [0.2, 0.25) is 0 Å². The predicted molar refractivity (Wildman–Crippen MR) is 158 cm³/mol. The highest BCUT2D eigenvalue weighted by atomic mass is 79.9. The standard InChI is InChI=1S/C30H34BrN3O4S/c1-39(37,38)34(27-17-6-3-7-18-27)22-29(35)33(21-24-13-10-14-25(31)19-24)28(20-23-11-4-2-5-12-23)30(36)32-26-15-8-9-16-26/h2-7,10-14,17-19,26,28H,8-9,15-16,20-22H2,1H3,(H,32,36)/t28-/m1/s1. The van der Waals surface area contributed by atoms with E-state index in [1.54, 1.807) is 30.3 Å². The summed E-state index contributed by atoms with van der Waals surface area (Å²) in [6.45, 7) is -0.265. The van der Waals surface area contributed by atoms with Crippen LogP contribution in [-0.4, -0.2) is 50.0 Å². The number of para-hydroxylation sites is 1. The number of nitrogens with zero attached hydrogens (tertiary/aromatic N) is 2. The van der Waals surface area contributed by atoms with E-state index in [-0.39, 0.29) is 18.5 Å². The van der Waals surface area contributed by atoms with Crippen LogP contribution in [0.15, 0.2) is 89.4 Å². The van der Waals surface area contributed by atoms with E-state index in [0.29, 0.717) is 12.1 Å². The third kappa shape index (κ3) is 8.16. The molecule has 1 aliphatic rings. The van der Waals surface area contributed by atoms with E-state index in [1.165, 1.54) is 4.90 Å². The fourth-order valence-electron chi connectivity index (χ4n) is 4.96. The highest BCUT2D eigenvalue weighted by Gasteiger charge is 2.34. The summed E-state index contributed by atoms with van der Waals surface area (Å²) in [6, 6.07) is 25.0. The molecule has 1 fully saturated rings. The molecular weight excluding hydrogens is 578 g/mol. The van der Waals surface area contributed by atoms with Gasteiger partial charge in [-0.05, 0) is 48.2 Å². The molecule has 2 amide bonds. The fraction of sp³-hybridized carbons (Fsp3) is 0.333. The number of carbonyl (C=O) groups is 2. The molecular formula is C30H34BrN3O4S. The molecule has 1 N–H and O–H groups in total. The first kappa shape index (κ1) is 28.8. The number of nitrogens with one attached hydrogen (secondary N) is 1. The highest BCUT2D eigenvalue weighted by Crippen LogP contribution is 2.23. The maximum atomic E-state index is 14.1. The van der Waals surface area contributed by atoms with Crippen LogP contribution in [0.4, 0.5) is 5.69 Å². The van der Waals surface area contributed by atoms with Gasteiger partial charge in [0.15, 0.2) is 0 Å². The van der Waals surface area contributed by atoms with Crippen molar-refractivity contribution in [2.75, 3.05) is 17.1 Å². The Balaban J connectivity index is 1.71. The average molecular weight is 613 g/mol. The largest absolute Gasteiger partial charge is 0.352 e. The molecule has 0 aromatic heterocycles. The molecule has 3 aromatic carbocycles. The maximum Gasteiger partial charge on any atom is 0.244 e. The lowest BCUT2D eigenvalue weighted by atomic mass is 10.0. The van der Waals surface area contributed by atoms with Gasteiger partial charge in [0.25, 0.3) is 0 Å². The zero-order chi connectivity index (χ0) is 27.8. The van der Waals surface area contributed by atoms with Gasteiger partial charge >= 0.3 is 0 Å². The molecule has 1 atom stereocenters. The zero-order valence-electron chi connectivity index (χ0n) is 22.0. The Morgan fingerprint density at radius 2 is 1.54 bits per heavy atom. The van der Waals surface area contributed by atoms with Crippen LogP contribution in [0.5, 0.6) is 0 Å². The summed E-state index contributed by atoms with van der Waals surface area (Å²) in [4.78, 5) is 29.4. The van der Waals surface area contributed by atoms with Crippen molar-refractivity contribution in [1.82, 2.24) is 10.2 Å². The molecule has 206 valence electrons. The second-order valence-electron chi connectivity index (χ2n) is 9.95. The van der Waals surface area contributed by atoms with Crippen LogP contribution in [0.3, 0.4) is 0 Å². The minimum Gasteiger partial charge on any atom is -0.352 e. The zero-order valence-corrected chi connectivity index (χ0v) is 24.4. The Bertz CT molecular complexity index is 1360. The van der Waals surface area contributed by atoms with Crippen molar-refractivity contribution < 1.29 is 18.0 Å². The van der Waals surface area contributed by atoms with E-state index in [1.807, 2.05) is 54.6 Å². The maximum absolute atomic E-state index is 14.1. The lowest BCUT2D eigenvalue weighted by Crippen LogP contribution is -2.54. The Morgan fingerprint density at radius 3 is 2.15 bits per heavy atom. The van der Waals surface area contributed by atoms with E-state index >= 15 is 0 Å². The fourth-order valence-corrected chi connectivity index (χ4v) is 6.26. The van der Waals surface area contributed by atoms with E-state index in [4.69, 9.17) is 0 Å². The second-order valence-corrected chi connectivity index (χ2v) is 12.8. The van der Waals surface area contributed by atoms with Crippen molar-refractivity contribution in [2.24, 2.45) is 0 Å². The van der Waals surface area contributed by atoms with Gasteiger partial charge in [-0.25, -0.2) is 8.42 Å². The number of carbonyl (C=O) groups excluding carboxylic acids is 2. The Kier molecular flexibility index (Phi) is 9.80. The Morgan fingerprint density at radius 1 is 0.923 bits per heavy atom. The summed E-state index contributed by atoms with van der Waals surface area (Å²) < 4.78 is 27.5. The number of anilines is 1. The van der Waals surface area contributed by atoms with Crippen molar-refractivity contribution in [2.45, 2.75) is 50.7 Å². The van der Waals surface area contributed by atoms with Crippen molar-refractivity contribution in [3.63, 3.8) is 0 Å². The topological polar surface area (TPSA) is 86.8 Å². The normalized spacial score (nSPS) is 14.5. The lowest BCUT2D eigenvalue weighted by Gasteiger charge is -2.34. The molecule has 7 nitrogen and oxygen atoms in total. The summed E-state index contributed by atoms with van der Waals surface area (Å²) >= 11 is 3.49. The van der Waals surface area contributed by atoms with Crippen molar-refractivity contribution in [3.8, 4) is 0 Å². The number of halogens is 1. The van der Waals surface area contributed by atoms with E-state index in [9.17, 15) is 18.0 Å². The van der Waals surface area contributed by atoms with Crippen LogP contribution in [0.1, 0.15) is 36.8 Å². The van der Waals surface area contributed by atoms with Gasteiger partial charge in [0, 0.05) is 23.5 Å². The van der Waals surface area contributed by atoms with Crippen LogP contribution < -0.4 is 9.62 Å². The summed E-state index contributed by atoms with van der Waals surface area (Å²) in [5.41, 5.74) is 2.14. The first-order chi connectivity index (χ1) is 18.7. The van der Waals surface area contributed by atoms with Gasteiger partial charge in [0.2, 0.25) is 21.8 Å². The molecule has 0 aliphatic heterocycles. The van der Waals surface area contributed by atoms with Crippen LogP contribution >= 0.6 is 15.9 Å². The third-order valence-corrected chi connectivity index (χ3v) is 8.57. The number of rotatable bonds is 11. The molecule has 9 heteroatoms. The monoisotopic (exact) mass is 611 g/mol. The first-order valence-corrected chi connectivity index (χ1v) is 15.8. The predicted octanol–water partition coefficient (Wildman–Crippen LogP) is 4.91. The summed E-state index contributed by atoms with van der Waals surface area (Å²) in [5, 5.41) is 3.17. The van der Waals surface area contributed by atoms with Gasteiger partial charge in [-0.1, -0.05) is 89.4 Å². The molecule has 0 heterocycles. The lowest BCUT2D eigenvalue weighted by molar-refractivity contribution is -0.140. The Labute approximate surface area is 239 Å². The van der Waals surface area contributed by atoms with Gasteiger partial charge in [0.1, 0.15) is 12.6 Å². The van der Waals surface area contributed by atoms with Crippen LogP contribution in [-0.2, 0) is 32.6 Å². The van der Waals surface area contributed by atoms with Crippen molar-refractivity contribution >= 4 is 43.5 Å². The van der Waals surface area contributed by atoms with Gasteiger partial charge < -0.3 is 10.2 Å². The van der Waals surface area contributed by atoms with Crippen LogP contribution in [0.25, 0.3) is 0 Å². The van der Waals surface area contributed by atoms with Crippen LogP contribution in [0, 0.1) is 0 Å². The van der Waals surface area contributed by atoms with E-state index in [0.717, 1.165) is 51.8 Å². The SMILES string of the molecule is CS(=O)(=O)N(CC(=O)N(Cc1cccc(Br)c1)[C@H](Cc1ccccc1)C(=O)NC1CCCC1)c1ccccc1. The number of amides is 2. The first-order valence-electron chi connectivity index (χ1n) is 13.1. The van der Waals surface area contributed by atoms with Gasteiger partial charge in [0.05, 0.1) is 11.9 Å². The molecule has 39 heavy (non-hydrogen) atoms. The summed E-state index contributed by atoms with van der Waals surface area (Å²) in [7, 11) is -3.77. The molecule has 0 radical (unpaired) electrons. The molecule has 0 spiro atoms. The highest BCUT2D eigenvalue weighted by molar-refractivity contribution is 9.10. The molecule has 0 saturated heterocycles. The van der Waals surface area contributed by atoms with E-state index < -0.39 is 28.5 Å². The molecule has 3 aromatic rings. The van der Waals surface area contributed by atoms with Crippen molar-refractivity contribution in [1.29, 1.82) is 0 Å². The molecule has 1 aliphatic carbocycles. The minimum atomic E-state index is -3.77. The molecule has 0 bridgehead atoms. The average Bonchev–Trinajstić information content (AvgIpc) is 3.42. The number of sulfonamides is 1. The van der Waals surface area contributed by atoms with E-state index in [2.05, 4.69) is 21.2 Å².